The molecule has 0 fully saturated rings. The first-order valence-electron chi connectivity index (χ1n) is 5.31. The van der Waals surface area contributed by atoms with Crippen LogP contribution in [0.1, 0.15) is 19.8 Å². The smallest absolute Gasteiger partial charge is 0.326 e. The van der Waals surface area contributed by atoms with Gasteiger partial charge in [0.25, 0.3) is 0 Å². The van der Waals surface area contributed by atoms with Crippen LogP contribution in [0.5, 0.6) is 0 Å². The van der Waals surface area contributed by atoms with Crippen molar-refractivity contribution in [2.24, 2.45) is 0 Å². The van der Waals surface area contributed by atoms with E-state index in [1.165, 1.54) is 11.8 Å². The minimum Gasteiger partial charge on any atom is -0.480 e. The summed E-state index contributed by atoms with van der Waals surface area (Å²) in [4.78, 5) is 35.8. The molecule has 0 aliphatic rings. The van der Waals surface area contributed by atoms with Gasteiger partial charge in [-0.3, -0.25) is 9.59 Å². The summed E-state index contributed by atoms with van der Waals surface area (Å²) < 4.78 is 0. The zero-order valence-corrected chi connectivity index (χ0v) is 10.8. The van der Waals surface area contributed by atoms with Crippen molar-refractivity contribution < 1.29 is 24.3 Å². The molecule has 0 rings (SSSR count). The minimum absolute atomic E-state index is 0.0390. The highest BCUT2D eigenvalue weighted by Crippen LogP contribution is 2.01. The molecule has 0 spiro atoms. The third-order valence-corrected chi connectivity index (χ3v) is 2.83. The Morgan fingerprint density at radius 3 is 2.67 bits per heavy atom. The number of nitrogens with zero attached hydrogens (tertiary/aromatic N) is 2. The first-order valence-corrected chi connectivity index (χ1v) is 6.46. The summed E-state index contributed by atoms with van der Waals surface area (Å²) in [6.45, 7) is 1.89. The van der Waals surface area contributed by atoms with Crippen LogP contribution in [0, 0.1) is 0 Å². The van der Waals surface area contributed by atoms with E-state index in [4.69, 9.17) is 10.6 Å². The van der Waals surface area contributed by atoms with Crippen LogP contribution < -0.4 is 5.32 Å². The fraction of sp³-hybridized carbons (Fsp3) is 0.600. The Kier molecular flexibility index (Phi) is 8.51. The van der Waals surface area contributed by atoms with E-state index in [2.05, 4.69) is 10.1 Å². The summed E-state index contributed by atoms with van der Waals surface area (Å²) in [5.74, 6) is -1.12. The van der Waals surface area contributed by atoms with E-state index in [1.807, 2.05) is 6.92 Å². The zero-order chi connectivity index (χ0) is 14.0. The number of carbonyl (C=O) groups is 3. The van der Waals surface area contributed by atoms with E-state index in [0.29, 0.717) is 6.21 Å². The van der Waals surface area contributed by atoms with Gasteiger partial charge in [0.05, 0.1) is 5.75 Å². The Morgan fingerprint density at radius 2 is 2.17 bits per heavy atom. The Balaban J connectivity index is 4.23. The number of ketones is 1. The van der Waals surface area contributed by atoms with Crippen LogP contribution in [0.4, 0.5) is 0 Å². The molecule has 0 radical (unpaired) electrons. The molecule has 0 saturated heterocycles. The molecule has 18 heavy (non-hydrogen) atoms. The summed E-state index contributed by atoms with van der Waals surface area (Å²) in [7, 11) is 0. The van der Waals surface area contributed by atoms with Gasteiger partial charge < -0.3 is 16.0 Å². The number of carbonyl (C=O) groups excluding carboxylic acids is 2. The molecule has 100 valence electrons. The van der Waals surface area contributed by atoms with Crippen LogP contribution in [0.15, 0.2) is 0 Å². The fourth-order valence-electron chi connectivity index (χ4n) is 1.10. The van der Waals surface area contributed by atoms with Crippen LogP contribution >= 0.6 is 11.8 Å². The molecule has 0 bridgehead atoms. The molecule has 0 saturated carbocycles. The van der Waals surface area contributed by atoms with E-state index in [-0.39, 0.29) is 24.5 Å². The maximum absolute atomic E-state index is 11.3. The molecule has 0 heterocycles. The van der Waals surface area contributed by atoms with E-state index < -0.39 is 17.8 Å². The average Bonchev–Trinajstić information content (AvgIpc) is 2.31. The highest BCUT2D eigenvalue weighted by molar-refractivity contribution is 7.99. The monoisotopic (exact) mass is 273 g/mol. The molecule has 0 aliphatic heterocycles. The minimum atomic E-state index is -1.20. The molecule has 2 N–H and O–H groups in total. The molecule has 0 aromatic rings. The second-order valence-corrected chi connectivity index (χ2v) is 4.62. The molecular formula is C10H15N3O4S. The van der Waals surface area contributed by atoms with Crippen molar-refractivity contribution in [3.63, 3.8) is 0 Å². The van der Waals surface area contributed by atoms with Crippen LogP contribution in [0.25, 0.3) is 5.53 Å². The molecule has 8 heteroatoms. The van der Waals surface area contributed by atoms with Gasteiger partial charge in [0.2, 0.25) is 11.7 Å². The standard InChI is InChI=1S/C10H15N3O4S/c1-2-18-6-9(15)13-8(10(16)17)4-3-7(14)5-12-11/h5,8H,2-4,6H2,1H3,(H,13,15)(H,16,17). The first kappa shape index (κ1) is 16.3. The van der Waals surface area contributed by atoms with Crippen LogP contribution in [0.2, 0.25) is 0 Å². The zero-order valence-electron chi connectivity index (χ0n) is 9.96. The van der Waals surface area contributed by atoms with Gasteiger partial charge in [-0.1, -0.05) is 6.92 Å². The Bertz CT molecular complexity index is 366. The molecule has 1 amide bonds. The fourth-order valence-corrected chi connectivity index (χ4v) is 1.58. The summed E-state index contributed by atoms with van der Waals surface area (Å²) >= 11 is 1.38. The van der Waals surface area contributed by atoms with Gasteiger partial charge in [-0.25, -0.2) is 4.79 Å². The maximum atomic E-state index is 11.3. The number of thioether (sulfide) groups is 1. The van der Waals surface area contributed by atoms with Crippen molar-refractivity contribution >= 4 is 35.6 Å². The van der Waals surface area contributed by atoms with Gasteiger partial charge in [0, 0.05) is 6.42 Å². The molecule has 7 nitrogen and oxygen atoms in total. The number of carboxylic acids is 1. The largest absolute Gasteiger partial charge is 0.480 e. The van der Waals surface area contributed by atoms with E-state index in [9.17, 15) is 14.4 Å². The normalized spacial score (nSPS) is 11.2. The average molecular weight is 273 g/mol. The Labute approximate surface area is 109 Å². The number of hydrogen-bond acceptors (Lipinski definition) is 4. The third-order valence-electron chi connectivity index (χ3n) is 1.95. The summed E-state index contributed by atoms with van der Waals surface area (Å²) in [6, 6.07) is -1.11. The summed E-state index contributed by atoms with van der Waals surface area (Å²) in [6.07, 6.45) is 0.554. The Morgan fingerprint density at radius 1 is 1.50 bits per heavy atom. The molecule has 0 aromatic heterocycles. The predicted molar refractivity (Wildman–Crippen MR) is 66.5 cm³/mol. The van der Waals surface area contributed by atoms with Gasteiger partial charge in [-0.2, -0.15) is 16.6 Å². The number of Topliss-reactive ketones (excluding diaryl/α,β-unsaturated/α-hetero) is 1. The van der Waals surface area contributed by atoms with Crippen molar-refractivity contribution in [2.45, 2.75) is 25.8 Å². The molecular weight excluding hydrogens is 258 g/mol. The lowest BCUT2D eigenvalue weighted by molar-refractivity contribution is -0.141. The molecule has 1 unspecified atom stereocenters. The first-order chi connectivity index (χ1) is 8.51. The predicted octanol–water partition coefficient (Wildman–Crippen LogP) is -0.0412. The van der Waals surface area contributed by atoms with Gasteiger partial charge >= 0.3 is 12.2 Å². The van der Waals surface area contributed by atoms with Crippen molar-refractivity contribution in [1.82, 2.24) is 5.32 Å². The molecule has 1 atom stereocenters. The summed E-state index contributed by atoms with van der Waals surface area (Å²) in [5, 5.41) is 11.2. The van der Waals surface area contributed by atoms with Crippen LogP contribution in [-0.2, 0) is 14.4 Å². The third kappa shape index (κ3) is 7.59. The lowest BCUT2D eigenvalue weighted by Crippen LogP contribution is -2.42. The van der Waals surface area contributed by atoms with Crippen molar-refractivity contribution in [1.29, 1.82) is 0 Å². The van der Waals surface area contributed by atoms with Crippen LogP contribution in [0.3, 0.4) is 0 Å². The second-order valence-electron chi connectivity index (χ2n) is 3.35. The highest BCUT2D eigenvalue weighted by atomic mass is 32.2. The highest BCUT2D eigenvalue weighted by Gasteiger charge is 2.21. The van der Waals surface area contributed by atoms with Crippen molar-refractivity contribution in [3.8, 4) is 0 Å². The van der Waals surface area contributed by atoms with E-state index >= 15 is 0 Å². The number of nitrogens with one attached hydrogen (secondary N) is 1. The van der Waals surface area contributed by atoms with Crippen molar-refractivity contribution in [2.75, 3.05) is 11.5 Å². The number of aliphatic carboxylic acids is 1. The van der Waals surface area contributed by atoms with Gasteiger partial charge in [0.15, 0.2) is 0 Å². The number of rotatable bonds is 9. The Hall–Kier alpha value is -1.66. The van der Waals surface area contributed by atoms with Gasteiger partial charge in [-0.05, 0) is 12.2 Å². The second kappa shape index (κ2) is 9.38. The van der Waals surface area contributed by atoms with Crippen molar-refractivity contribution in [3.05, 3.63) is 5.53 Å². The molecule has 0 aliphatic carbocycles. The van der Waals surface area contributed by atoms with E-state index in [1.54, 1.807) is 0 Å². The summed E-state index contributed by atoms with van der Waals surface area (Å²) in [5.41, 5.74) is 8.11. The van der Waals surface area contributed by atoms with Gasteiger partial charge in [0.1, 0.15) is 6.04 Å². The number of amides is 1. The van der Waals surface area contributed by atoms with E-state index in [0.717, 1.165) is 5.75 Å². The number of carboxylic acid groups (broad SMARTS) is 1. The lowest BCUT2D eigenvalue weighted by Gasteiger charge is -2.12. The maximum Gasteiger partial charge on any atom is 0.326 e. The van der Waals surface area contributed by atoms with Gasteiger partial charge in [-0.15, -0.1) is 0 Å². The number of hydrogen-bond donors (Lipinski definition) is 2. The topological polar surface area (TPSA) is 120 Å². The lowest BCUT2D eigenvalue weighted by atomic mass is 10.1. The SMILES string of the molecule is CCSCC(=O)NC(CCC(=O)C=[N+]=[N-])C(=O)O. The molecule has 0 aromatic carbocycles. The van der Waals surface area contributed by atoms with Crippen LogP contribution in [-0.4, -0.2) is 51.3 Å². The quantitative estimate of drug-likeness (QED) is 0.347.